The highest BCUT2D eigenvalue weighted by Crippen LogP contribution is 2.09. The Morgan fingerprint density at radius 1 is 1.26 bits per heavy atom. The summed E-state index contributed by atoms with van der Waals surface area (Å²) in [4.78, 5) is 50.7. The van der Waals surface area contributed by atoms with Crippen LogP contribution in [0, 0.1) is 0 Å². The van der Waals surface area contributed by atoms with E-state index in [0.717, 1.165) is 4.57 Å². The van der Waals surface area contributed by atoms with Crippen LogP contribution < -0.4 is 5.56 Å². The molecule has 1 heterocycles. The third kappa shape index (κ3) is 3.60. The number of carbonyl (C=O) groups is 3. The smallest absolute Gasteiger partial charge is 0.375 e. The number of carboxylic acids is 1. The van der Waals surface area contributed by atoms with Crippen molar-refractivity contribution in [1.29, 1.82) is 0 Å². The number of carbonyl (C=O) groups excluding carboxylic acids is 2. The number of aromatic nitrogens is 2. The van der Waals surface area contributed by atoms with Crippen LogP contribution in [0.25, 0.3) is 10.9 Å². The highest BCUT2D eigenvalue weighted by molar-refractivity contribution is 6.34. The van der Waals surface area contributed by atoms with Crippen LogP contribution >= 0.6 is 0 Å². The lowest BCUT2D eigenvalue weighted by Gasteiger charge is -2.11. The molecule has 1 aromatic carbocycles. The Morgan fingerprint density at radius 3 is 2.61 bits per heavy atom. The molecule has 120 valence electrons. The average molecular weight is 318 g/mol. The van der Waals surface area contributed by atoms with Gasteiger partial charge < -0.3 is 9.84 Å². The molecule has 0 unspecified atom stereocenters. The van der Waals surface area contributed by atoms with Gasteiger partial charge in [-0.1, -0.05) is 12.1 Å². The molecule has 0 aliphatic carbocycles. The van der Waals surface area contributed by atoms with Gasteiger partial charge in [-0.05, 0) is 19.1 Å². The number of fused-ring (bicyclic) bond motifs is 1. The number of esters is 1. The summed E-state index contributed by atoms with van der Waals surface area (Å²) in [6, 6.07) is 6.37. The first-order valence-corrected chi connectivity index (χ1v) is 6.84. The predicted molar refractivity (Wildman–Crippen MR) is 79.0 cm³/mol. The summed E-state index contributed by atoms with van der Waals surface area (Å²) in [6.07, 6.45) is -0.508. The maximum Gasteiger partial charge on any atom is 0.375 e. The molecule has 1 N–H and O–H groups in total. The van der Waals surface area contributed by atoms with E-state index in [1.165, 1.54) is 6.07 Å². The van der Waals surface area contributed by atoms with Gasteiger partial charge in [-0.2, -0.15) is 0 Å². The first-order chi connectivity index (χ1) is 10.9. The number of rotatable bonds is 6. The molecule has 0 aliphatic heterocycles. The number of para-hydroxylation sites is 1. The molecule has 2 rings (SSSR count). The maximum absolute atomic E-state index is 12.4. The van der Waals surface area contributed by atoms with Gasteiger partial charge in [-0.3, -0.25) is 19.0 Å². The molecule has 8 nitrogen and oxygen atoms in total. The van der Waals surface area contributed by atoms with Crippen molar-refractivity contribution in [1.82, 2.24) is 9.55 Å². The van der Waals surface area contributed by atoms with E-state index in [4.69, 9.17) is 5.11 Å². The molecule has 23 heavy (non-hydrogen) atoms. The SMILES string of the molecule is CCOC(=O)C(=O)Cc1nc2ccccc2c(=O)n1CC(=O)O. The molecule has 0 amide bonds. The number of hydrogen-bond acceptors (Lipinski definition) is 6. The van der Waals surface area contributed by atoms with Crippen molar-refractivity contribution in [2.75, 3.05) is 6.61 Å². The lowest BCUT2D eigenvalue weighted by molar-refractivity contribution is -0.153. The van der Waals surface area contributed by atoms with Crippen molar-refractivity contribution in [2.45, 2.75) is 19.9 Å². The topological polar surface area (TPSA) is 116 Å². The zero-order chi connectivity index (χ0) is 17.0. The van der Waals surface area contributed by atoms with E-state index in [1.54, 1.807) is 25.1 Å². The van der Waals surface area contributed by atoms with Crippen LogP contribution in [0.1, 0.15) is 12.7 Å². The van der Waals surface area contributed by atoms with Crippen LogP contribution in [0.3, 0.4) is 0 Å². The van der Waals surface area contributed by atoms with Crippen LogP contribution in [0.2, 0.25) is 0 Å². The zero-order valence-corrected chi connectivity index (χ0v) is 12.3. The van der Waals surface area contributed by atoms with E-state index in [-0.39, 0.29) is 17.8 Å². The van der Waals surface area contributed by atoms with Crippen LogP contribution in [0.5, 0.6) is 0 Å². The molecule has 0 radical (unpaired) electrons. The minimum Gasteiger partial charge on any atom is -0.480 e. The van der Waals surface area contributed by atoms with E-state index in [9.17, 15) is 19.2 Å². The quantitative estimate of drug-likeness (QED) is 0.595. The Balaban J connectivity index is 2.52. The number of nitrogens with zero attached hydrogens (tertiary/aromatic N) is 2. The fourth-order valence-corrected chi connectivity index (χ4v) is 2.07. The van der Waals surface area contributed by atoms with Crippen molar-refractivity contribution < 1.29 is 24.2 Å². The molecule has 2 aromatic rings. The molecule has 0 aliphatic rings. The fraction of sp³-hybridized carbons (Fsp3) is 0.267. The number of ether oxygens (including phenoxy) is 1. The summed E-state index contributed by atoms with van der Waals surface area (Å²) in [5.74, 6) is -3.28. The third-order valence-electron chi connectivity index (χ3n) is 3.06. The molecular formula is C15H14N2O6. The van der Waals surface area contributed by atoms with Gasteiger partial charge in [0.05, 0.1) is 23.9 Å². The summed E-state index contributed by atoms with van der Waals surface area (Å²) < 4.78 is 5.47. The van der Waals surface area contributed by atoms with Crippen LogP contribution in [0.4, 0.5) is 0 Å². The molecule has 0 saturated carbocycles. The molecule has 0 spiro atoms. The minimum absolute atomic E-state index is 0.0393. The summed E-state index contributed by atoms with van der Waals surface area (Å²) in [7, 11) is 0. The second-order valence-corrected chi connectivity index (χ2v) is 4.65. The standard InChI is InChI=1S/C15H14N2O6/c1-2-23-15(22)11(18)7-12-16-10-6-4-3-5-9(10)14(21)17(12)8-13(19)20/h3-6H,2,7-8H2,1H3,(H,19,20). The number of aliphatic carboxylic acids is 1. The van der Waals surface area contributed by atoms with Crippen molar-refractivity contribution in [3.8, 4) is 0 Å². The Morgan fingerprint density at radius 2 is 1.96 bits per heavy atom. The molecule has 0 saturated heterocycles. The normalized spacial score (nSPS) is 10.5. The lowest BCUT2D eigenvalue weighted by atomic mass is 10.2. The van der Waals surface area contributed by atoms with Gasteiger partial charge in [0, 0.05) is 0 Å². The third-order valence-corrected chi connectivity index (χ3v) is 3.06. The Kier molecular flexibility index (Phi) is 4.85. The minimum atomic E-state index is -1.26. The summed E-state index contributed by atoms with van der Waals surface area (Å²) in [6.45, 7) is 0.944. The summed E-state index contributed by atoms with van der Waals surface area (Å²) in [5, 5.41) is 9.19. The molecule has 0 bridgehead atoms. The number of Topliss-reactive ketones (excluding diaryl/α,β-unsaturated/α-hetero) is 1. The monoisotopic (exact) mass is 318 g/mol. The van der Waals surface area contributed by atoms with Crippen LogP contribution in [-0.2, 0) is 32.1 Å². The van der Waals surface area contributed by atoms with Gasteiger partial charge >= 0.3 is 11.9 Å². The summed E-state index contributed by atoms with van der Waals surface area (Å²) in [5.41, 5.74) is -0.254. The lowest BCUT2D eigenvalue weighted by Crippen LogP contribution is -2.31. The van der Waals surface area contributed by atoms with Crippen LogP contribution in [0.15, 0.2) is 29.1 Å². The number of hydrogen-bond donors (Lipinski definition) is 1. The van der Waals surface area contributed by atoms with Crippen molar-refractivity contribution in [3.05, 3.63) is 40.4 Å². The van der Waals surface area contributed by atoms with Gasteiger partial charge in [0.15, 0.2) is 0 Å². The highest BCUT2D eigenvalue weighted by Gasteiger charge is 2.21. The Labute approximate surface area is 130 Å². The predicted octanol–water partition coefficient (Wildman–Crippen LogP) is 0.156. The zero-order valence-electron chi connectivity index (χ0n) is 12.3. The first kappa shape index (κ1) is 16.3. The fourth-order valence-electron chi connectivity index (χ4n) is 2.07. The molecular weight excluding hydrogens is 304 g/mol. The molecule has 0 fully saturated rings. The molecule has 8 heteroatoms. The van der Waals surface area contributed by atoms with Gasteiger partial charge in [-0.25, -0.2) is 9.78 Å². The van der Waals surface area contributed by atoms with E-state index >= 15 is 0 Å². The van der Waals surface area contributed by atoms with Crippen LogP contribution in [-0.4, -0.2) is 39.0 Å². The van der Waals surface area contributed by atoms with E-state index in [1.807, 2.05) is 0 Å². The molecule has 0 atom stereocenters. The average Bonchev–Trinajstić information content (AvgIpc) is 2.51. The molecule has 1 aromatic heterocycles. The maximum atomic E-state index is 12.4. The van der Waals surface area contributed by atoms with Gasteiger partial charge in [0.1, 0.15) is 12.4 Å². The first-order valence-electron chi connectivity index (χ1n) is 6.84. The van der Waals surface area contributed by atoms with E-state index < -0.39 is 36.2 Å². The number of ketones is 1. The second-order valence-electron chi connectivity index (χ2n) is 4.65. The number of benzene rings is 1. The van der Waals surface area contributed by atoms with Crippen molar-refractivity contribution >= 4 is 28.6 Å². The van der Waals surface area contributed by atoms with Crippen molar-refractivity contribution in [3.63, 3.8) is 0 Å². The highest BCUT2D eigenvalue weighted by atomic mass is 16.5. The number of carboxylic acid groups (broad SMARTS) is 1. The summed E-state index contributed by atoms with van der Waals surface area (Å²) >= 11 is 0. The Hall–Kier alpha value is -3.03. The van der Waals surface area contributed by atoms with Gasteiger partial charge in [0.25, 0.3) is 5.56 Å². The van der Waals surface area contributed by atoms with Crippen molar-refractivity contribution in [2.24, 2.45) is 0 Å². The van der Waals surface area contributed by atoms with Gasteiger partial charge in [0.2, 0.25) is 5.78 Å². The van der Waals surface area contributed by atoms with E-state index in [2.05, 4.69) is 9.72 Å². The second kappa shape index (κ2) is 6.82. The Bertz CT molecular complexity index is 839. The largest absolute Gasteiger partial charge is 0.480 e. The van der Waals surface area contributed by atoms with Gasteiger partial charge in [-0.15, -0.1) is 0 Å². The van der Waals surface area contributed by atoms with E-state index in [0.29, 0.717) is 5.52 Å².